The quantitative estimate of drug-likeness (QED) is 0.623. The Kier molecular flexibility index (Phi) is 4.03. The predicted octanol–water partition coefficient (Wildman–Crippen LogP) is 2.87. The van der Waals surface area contributed by atoms with Crippen molar-refractivity contribution in [3.05, 3.63) is 29.8 Å². The molecule has 1 rings (SSSR count). The SMILES string of the molecule is CCCc1ccc(OS(=O)(=O)C(F)(F)F)cc1. The fourth-order valence-corrected chi connectivity index (χ4v) is 1.63. The predicted molar refractivity (Wildman–Crippen MR) is 56.0 cm³/mol. The minimum Gasteiger partial charge on any atom is -0.376 e. The highest BCUT2D eigenvalue weighted by Crippen LogP contribution is 2.27. The molecule has 17 heavy (non-hydrogen) atoms. The number of rotatable bonds is 4. The first-order valence-corrected chi connectivity index (χ1v) is 6.27. The summed E-state index contributed by atoms with van der Waals surface area (Å²) in [5.74, 6) is -0.345. The minimum atomic E-state index is -5.58. The van der Waals surface area contributed by atoms with E-state index in [1.807, 2.05) is 6.92 Å². The molecular formula is C10H11F3O3S. The highest BCUT2D eigenvalue weighted by atomic mass is 32.2. The Morgan fingerprint density at radius 1 is 1.18 bits per heavy atom. The van der Waals surface area contributed by atoms with Gasteiger partial charge < -0.3 is 4.18 Å². The summed E-state index contributed by atoms with van der Waals surface area (Å²) in [6.07, 6.45) is 1.66. The molecule has 1 aromatic carbocycles. The first kappa shape index (κ1) is 13.8. The molecule has 0 radical (unpaired) electrons. The summed E-state index contributed by atoms with van der Waals surface area (Å²) in [4.78, 5) is 0. The van der Waals surface area contributed by atoms with Gasteiger partial charge >= 0.3 is 15.6 Å². The van der Waals surface area contributed by atoms with Crippen LogP contribution in [0.25, 0.3) is 0 Å². The van der Waals surface area contributed by atoms with Crippen molar-refractivity contribution in [2.75, 3.05) is 0 Å². The number of hydrogen-bond acceptors (Lipinski definition) is 3. The summed E-state index contributed by atoms with van der Waals surface area (Å²) < 4.78 is 61.3. The van der Waals surface area contributed by atoms with E-state index in [0.717, 1.165) is 18.4 Å². The van der Waals surface area contributed by atoms with Crippen LogP contribution >= 0.6 is 0 Å². The molecular weight excluding hydrogens is 257 g/mol. The summed E-state index contributed by atoms with van der Waals surface area (Å²) >= 11 is 0. The Morgan fingerprint density at radius 3 is 2.12 bits per heavy atom. The Hall–Kier alpha value is -1.24. The summed E-state index contributed by atoms with van der Waals surface area (Å²) in [7, 11) is -5.58. The zero-order chi connectivity index (χ0) is 13.1. The van der Waals surface area contributed by atoms with Crippen LogP contribution in [-0.4, -0.2) is 13.9 Å². The molecule has 0 atom stereocenters. The molecule has 0 aliphatic rings. The number of aryl methyl sites for hydroxylation is 1. The molecule has 0 saturated carbocycles. The van der Waals surface area contributed by atoms with Crippen LogP contribution in [0.5, 0.6) is 5.75 Å². The third-order valence-electron chi connectivity index (χ3n) is 1.95. The molecule has 0 saturated heterocycles. The van der Waals surface area contributed by atoms with Gasteiger partial charge in [0.05, 0.1) is 0 Å². The summed E-state index contributed by atoms with van der Waals surface area (Å²) in [5.41, 5.74) is -4.50. The van der Waals surface area contributed by atoms with Gasteiger partial charge in [-0.1, -0.05) is 25.5 Å². The second kappa shape index (κ2) is 4.95. The molecule has 1 aromatic rings. The van der Waals surface area contributed by atoms with Crippen LogP contribution in [0.1, 0.15) is 18.9 Å². The van der Waals surface area contributed by atoms with Gasteiger partial charge in [0.2, 0.25) is 0 Å². The van der Waals surface area contributed by atoms with Crippen molar-refractivity contribution in [2.24, 2.45) is 0 Å². The maximum Gasteiger partial charge on any atom is 0.534 e. The number of halogens is 3. The maximum atomic E-state index is 12.0. The zero-order valence-corrected chi connectivity index (χ0v) is 9.81. The van der Waals surface area contributed by atoms with E-state index in [9.17, 15) is 21.6 Å². The van der Waals surface area contributed by atoms with Crippen LogP contribution in [0, 0.1) is 0 Å². The average Bonchev–Trinajstić information content (AvgIpc) is 2.19. The van der Waals surface area contributed by atoms with Crippen LogP contribution in [0.3, 0.4) is 0 Å². The van der Waals surface area contributed by atoms with E-state index in [0.29, 0.717) is 0 Å². The Bertz CT molecular complexity index is 463. The van der Waals surface area contributed by atoms with E-state index in [1.54, 1.807) is 0 Å². The molecule has 0 bridgehead atoms. The van der Waals surface area contributed by atoms with Crippen LogP contribution in [0.15, 0.2) is 24.3 Å². The van der Waals surface area contributed by atoms with Crippen LogP contribution in [0.2, 0.25) is 0 Å². The van der Waals surface area contributed by atoms with Gasteiger partial charge in [-0.15, -0.1) is 0 Å². The van der Waals surface area contributed by atoms with E-state index in [1.165, 1.54) is 24.3 Å². The van der Waals surface area contributed by atoms with Gasteiger partial charge in [-0.25, -0.2) is 0 Å². The van der Waals surface area contributed by atoms with E-state index >= 15 is 0 Å². The summed E-state index contributed by atoms with van der Waals surface area (Å²) in [6.45, 7) is 1.96. The topological polar surface area (TPSA) is 43.4 Å². The van der Waals surface area contributed by atoms with Crippen molar-refractivity contribution in [1.29, 1.82) is 0 Å². The van der Waals surface area contributed by atoms with Crippen LogP contribution < -0.4 is 4.18 Å². The minimum absolute atomic E-state index is 0.345. The number of alkyl halides is 3. The lowest BCUT2D eigenvalue weighted by Gasteiger charge is -2.09. The molecule has 0 aliphatic heterocycles. The lowest BCUT2D eigenvalue weighted by Crippen LogP contribution is -2.28. The van der Waals surface area contributed by atoms with Crippen molar-refractivity contribution in [3.63, 3.8) is 0 Å². The molecule has 0 unspecified atom stereocenters. The molecule has 0 spiro atoms. The highest BCUT2D eigenvalue weighted by molar-refractivity contribution is 7.87. The molecule has 0 fully saturated rings. The lowest BCUT2D eigenvalue weighted by atomic mass is 10.1. The molecule has 0 amide bonds. The van der Waals surface area contributed by atoms with E-state index in [2.05, 4.69) is 4.18 Å². The van der Waals surface area contributed by atoms with Gasteiger partial charge in [0.15, 0.2) is 0 Å². The van der Waals surface area contributed by atoms with Gasteiger partial charge in [0, 0.05) is 0 Å². The molecule has 0 aliphatic carbocycles. The van der Waals surface area contributed by atoms with E-state index in [4.69, 9.17) is 0 Å². The Morgan fingerprint density at radius 2 is 1.71 bits per heavy atom. The van der Waals surface area contributed by atoms with Gasteiger partial charge in [0.25, 0.3) is 0 Å². The summed E-state index contributed by atoms with van der Waals surface area (Å²) in [5, 5.41) is 0. The standard InChI is InChI=1S/C10H11F3O3S/c1-2-3-8-4-6-9(7-5-8)16-17(14,15)10(11,12)13/h4-7H,2-3H2,1H3. The van der Waals surface area contributed by atoms with E-state index < -0.39 is 15.6 Å². The first-order valence-electron chi connectivity index (χ1n) is 4.86. The van der Waals surface area contributed by atoms with Crippen molar-refractivity contribution >= 4 is 10.1 Å². The molecule has 0 heterocycles. The molecule has 7 heteroatoms. The number of hydrogen-bond donors (Lipinski definition) is 0. The Balaban J connectivity index is 2.83. The summed E-state index contributed by atoms with van der Waals surface area (Å²) in [6, 6.07) is 5.47. The van der Waals surface area contributed by atoms with E-state index in [-0.39, 0.29) is 5.75 Å². The van der Waals surface area contributed by atoms with Gasteiger partial charge in [-0.3, -0.25) is 0 Å². The maximum absolute atomic E-state index is 12.0. The molecule has 0 aromatic heterocycles. The molecule has 96 valence electrons. The average molecular weight is 268 g/mol. The fourth-order valence-electron chi connectivity index (χ4n) is 1.17. The van der Waals surface area contributed by atoms with Crippen molar-refractivity contribution in [2.45, 2.75) is 25.3 Å². The monoisotopic (exact) mass is 268 g/mol. The first-order chi connectivity index (χ1) is 7.76. The lowest BCUT2D eigenvalue weighted by molar-refractivity contribution is -0.0500. The van der Waals surface area contributed by atoms with Gasteiger partial charge in [-0.05, 0) is 24.1 Å². The smallest absolute Gasteiger partial charge is 0.376 e. The van der Waals surface area contributed by atoms with Gasteiger partial charge in [0.1, 0.15) is 5.75 Å². The highest BCUT2D eigenvalue weighted by Gasteiger charge is 2.48. The van der Waals surface area contributed by atoms with Crippen molar-refractivity contribution in [3.8, 4) is 5.75 Å². The molecule has 3 nitrogen and oxygen atoms in total. The normalized spacial score (nSPS) is 12.5. The third kappa shape index (κ3) is 3.62. The molecule has 0 N–H and O–H groups in total. The van der Waals surface area contributed by atoms with Crippen LogP contribution in [-0.2, 0) is 16.5 Å². The second-order valence-electron chi connectivity index (χ2n) is 3.38. The van der Waals surface area contributed by atoms with Crippen LogP contribution in [0.4, 0.5) is 13.2 Å². The second-order valence-corrected chi connectivity index (χ2v) is 4.91. The van der Waals surface area contributed by atoms with Gasteiger partial charge in [-0.2, -0.15) is 21.6 Å². The third-order valence-corrected chi connectivity index (χ3v) is 2.93. The number of benzene rings is 1. The van der Waals surface area contributed by atoms with Crippen molar-refractivity contribution < 1.29 is 25.8 Å². The van der Waals surface area contributed by atoms with Crippen molar-refractivity contribution in [1.82, 2.24) is 0 Å². The fraction of sp³-hybridized carbons (Fsp3) is 0.400. The zero-order valence-electron chi connectivity index (χ0n) is 8.99. The largest absolute Gasteiger partial charge is 0.534 e. The Labute approximate surface area is 97.3 Å².